The average molecular weight is 320 g/mol. The zero-order valence-corrected chi connectivity index (χ0v) is 14.1. The van der Waals surface area contributed by atoms with E-state index in [1.54, 1.807) is 23.1 Å². The van der Waals surface area contributed by atoms with Crippen LogP contribution < -0.4 is 0 Å². The monoisotopic (exact) mass is 320 g/mol. The van der Waals surface area contributed by atoms with E-state index in [0.29, 0.717) is 38.3 Å². The molecule has 1 aliphatic heterocycles. The van der Waals surface area contributed by atoms with Crippen molar-refractivity contribution in [3.8, 4) is 0 Å². The number of hydrogen-bond donors (Lipinski definition) is 0. The number of carbonyl (C=O) groups is 2. The molecule has 1 saturated heterocycles. The molecule has 1 amide bonds. The maximum absolute atomic E-state index is 13.6. The molecule has 0 atom stereocenters. The van der Waals surface area contributed by atoms with E-state index in [1.807, 2.05) is 20.8 Å². The molecule has 0 aromatic heterocycles. The number of hydrogen-bond acceptors (Lipinski definition) is 3. The summed E-state index contributed by atoms with van der Waals surface area (Å²) in [4.78, 5) is 28.2. The largest absolute Gasteiger partial charge is 0.340 e. The Morgan fingerprint density at radius 1 is 1.09 bits per heavy atom. The van der Waals surface area contributed by atoms with Crippen molar-refractivity contribution in [2.45, 2.75) is 27.2 Å². The number of benzene rings is 1. The summed E-state index contributed by atoms with van der Waals surface area (Å²) in [6.45, 7) is 8.74. The first kappa shape index (κ1) is 17.6. The number of carbonyl (C=O) groups excluding carboxylic acids is 2. The normalized spacial score (nSPS) is 16.4. The minimum Gasteiger partial charge on any atom is -0.340 e. The highest BCUT2D eigenvalue weighted by molar-refractivity contribution is 5.85. The molecule has 5 heteroatoms. The molecular formula is C18H25FN2O2. The van der Waals surface area contributed by atoms with Gasteiger partial charge in [-0.15, -0.1) is 0 Å². The van der Waals surface area contributed by atoms with Crippen LogP contribution in [-0.2, 0) is 16.0 Å². The van der Waals surface area contributed by atoms with Crippen molar-refractivity contribution in [1.29, 1.82) is 0 Å². The molecule has 0 saturated carbocycles. The van der Waals surface area contributed by atoms with Crippen molar-refractivity contribution >= 4 is 11.7 Å². The Labute approximate surface area is 137 Å². The number of halogens is 1. The van der Waals surface area contributed by atoms with Crippen molar-refractivity contribution in [2.24, 2.45) is 5.41 Å². The van der Waals surface area contributed by atoms with E-state index in [9.17, 15) is 14.0 Å². The van der Waals surface area contributed by atoms with Gasteiger partial charge in [-0.1, -0.05) is 39.0 Å². The highest BCUT2D eigenvalue weighted by Gasteiger charge is 2.27. The second-order valence-corrected chi connectivity index (χ2v) is 7.10. The Morgan fingerprint density at radius 2 is 1.70 bits per heavy atom. The number of amides is 1. The van der Waals surface area contributed by atoms with Gasteiger partial charge in [-0.3, -0.25) is 14.5 Å². The lowest BCUT2D eigenvalue weighted by Gasteiger charge is -2.35. The van der Waals surface area contributed by atoms with Gasteiger partial charge in [0.25, 0.3) is 0 Å². The lowest BCUT2D eigenvalue weighted by atomic mass is 9.90. The van der Waals surface area contributed by atoms with Crippen LogP contribution in [0.25, 0.3) is 0 Å². The van der Waals surface area contributed by atoms with Gasteiger partial charge in [0.2, 0.25) is 5.91 Å². The predicted octanol–water partition coefficient (Wildman–Crippen LogP) is 2.13. The first-order chi connectivity index (χ1) is 10.8. The third-order valence-electron chi connectivity index (χ3n) is 4.23. The zero-order valence-electron chi connectivity index (χ0n) is 14.1. The molecule has 0 unspecified atom stereocenters. The molecule has 4 nitrogen and oxygen atoms in total. The van der Waals surface area contributed by atoms with Crippen LogP contribution in [0.4, 0.5) is 4.39 Å². The van der Waals surface area contributed by atoms with Crippen LogP contribution in [0.1, 0.15) is 26.3 Å². The molecular weight excluding hydrogens is 295 g/mol. The standard InChI is InChI=1S/C18H25FN2O2/c1-18(2,3)16(22)13-20-8-10-21(11-9-20)17(23)12-14-6-4-5-7-15(14)19/h4-7H,8-13H2,1-3H3. The highest BCUT2D eigenvalue weighted by Crippen LogP contribution is 2.16. The lowest BCUT2D eigenvalue weighted by molar-refractivity contribution is -0.133. The second-order valence-electron chi connectivity index (χ2n) is 7.10. The first-order valence-electron chi connectivity index (χ1n) is 8.04. The van der Waals surface area contributed by atoms with Gasteiger partial charge in [0.15, 0.2) is 5.78 Å². The molecule has 1 fully saturated rings. The lowest BCUT2D eigenvalue weighted by Crippen LogP contribution is -2.51. The molecule has 1 aliphatic rings. The second kappa shape index (κ2) is 7.21. The minimum absolute atomic E-state index is 0.0584. The SMILES string of the molecule is CC(C)(C)C(=O)CN1CCN(C(=O)Cc2ccccc2F)CC1. The summed E-state index contributed by atoms with van der Waals surface area (Å²) in [6, 6.07) is 6.38. The average Bonchev–Trinajstić information content (AvgIpc) is 2.49. The van der Waals surface area contributed by atoms with E-state index in [1.165, 1.54) is 6.07 Å². The van der Waals surface area contributed by atoms with Crippen LogP contribution in [0, 0.1) is 11.2 Å². The summed E-state index contributed by atoms with van der Waals surface area (Å²) in [5.74, 6) is -0.184. The predicted molar refractivity (Wildman–Crippen MR) is 87.6 cm³/mol. The van der Waals surface area contributed by atoms with Crippen molar-refractivity contribution in [3.63, 3.8) is 0 Å². The Bertz CT molecular complexity index is 573. The quantitative estimate of drug-likeness (QED) is 0.853. The van der Waals surface area contributed by atoms with Crippen LogP contribution in [0.5, 0.6) is 0 Å². The van der Waals surface area contributed by atoms with E-state index in [4.69, 9.17) is 0 Å². The van der Waals surface area contributed by atoms with Crippen LogP contribution in [0.3, 0.4) is 0 Å². The van der Waals surface area contributed by atoms with Crippen molar-refractivity contribution < 1.29 is 14.0 Å². The van der Waals surface area contributed by atoms with E-state index >= 15 is 0 Å². The summed E-state index contributed by atoms with van der Waals surface area (Å²) >= 11 is 0. The van der Waals surface area contributed by atoms with Crippen LogP contribution in [0.2, 0.25) is 0 Å². The topological polar surface area (TPSA) is 40.6 Å². The smallest absolute Gasteiger partial charge is 0.227 e. The summed E-state index contributed by atoms with van der Waals surface area (Å²) in [5.41, 5.74) is 0.0977. The maximum atomic E-state index is 13.6. The summed E-state index contributed by atoms with van der Waals surface area (Å²) < 4.78 is 13.6. The Morgan fingerprint density at radius 3 is 2.26 bits per heavy atom. The van der Waals surface area contributed by atoms with Crippen molar-refractivity contribution in [1.82, 2.24) is 9.80 Å². The molecule has 0 radical (unpaired) electrons. The summed E-state index contributed by atoms with van der Waals surface area (Å²) in [7, 11) is 0. The van der Waals surface area contributed by atoms with Crippen LogP contribution in [0.15, 0.2) is 24.3 Å². The van der Waals surface area contributed by atoms with Gasteiger partial charge in [-0.05, 0) is 11.6 Å². The molecule has 0 spiro atoms. The number of nitrogens with zero attached hydrogens (tertiary/aromatic N) is 2. The number of ketones is 1. The molecule has 1 aromatic carbocycles. The first-order valence-corrected chi connectivity index (χ1v) is 8.04. The molecule has 1 aromatic rings. The van der Waals surface area contributed by atoms with Crippen LogP contribution >= 0.6 is 0 Å². The van der Waals surface area contributed by atoms with Gasteiger partial charge < -0.3 is 4.90 Å². The fourth-order valence-corrected chi connectivity index (χ4v) is 2.51. The number of piperazine rings is 1. The third-order valence-corrected chi connectivity index (χ3v) is 4.23. The Hall–Kier alpha value is -1.75. The maximum Gasteiger partial charge on any atom is 0.227 e. The van der Waals surface area contributed by atoms with E-state index in [-0.39, 0.29) is 29.3 Å². The molecule has 23 heavy (non-hydrogen) atoms. The van der Waals surface area contributed by atoms with Crippen molar-refractivity contribution in [3.05, 3.63) is 35.6 Å². The van der Waals surface area contributed by atoms with Gasteiger partial charge in [0, 0.05) is 31.6 Å². The van der Waals surface area contributed by atoms with E-state index < -0.39 is 0 Å². The fourth-order valence-electron chi connectivity index (χ4n) is 2.51. The van der Waals surface area contributed by atoms with Gasteiger partial charge >= 0.3 is 0 Å². The number of Topliss-reactive ketones (excluding diaryl/α,β-unsaturated/α-hetero) is 1. The highest BCUT2D eigenvalue weighted by atomic mass is 19.1. The third kappa shape index (κ3) is 4.86. The zero-order chi connectivity index (χ0) is 17.0. The van der Waals surface area contributed by atoms with Crippen LogP contribution in [-0.4, -0.2) is 54.2 Å². The van der Waals surface area contributed by atoms with E-state index in [2.05, 4.69) is 4.90 Å². The molecule has 126 valence electrons. The fraction of sp³-hybridized carbons (Fsp3) is 0.556. The number of rotatable bonds is 4. The Balaban J connectivity index is 1.83. The van der Waals surface area contributed by atoms with Crippen molar-refractivity contribution in [2.75, 3.05) is 32.7 Å². The van der Waals surface area contributed by atoms with E-state index in [0.717, 1.165) is 0 Å². The summed E-state index contributed by atoms with van der Waals surface area (Å²) in [5, 5.41) is 0. The molecule has 1 heterocycles. The molecule has 0 aliphatic carbocycles. The summed E-state index contributed by atoms with van der Waals surface area (Å²) in [6.07, 6.45) is 0.0909. The van der Waals surface area contributed by atoms with Gasteiger partial charge in [0.1, 0.15) is 5.82 Å². The van der Waals surface area contributed by atoms with Gasteiger partial charge in [0.05, 0.1) is 13.0 Å². The minimum atomic E-state index is -0.338. The molecule has 2 rings (SSSR count). The molecule has 0 bridgehead atoms. The Kier molecular flexibility index (Phi) is 5.52. The van der Waals surface area contributed by atoms with Gasteiger partial charge in [-0.2, -0.15) is 0 Å². The molecule has 0 N–H and O–H groups in total. The van der Waals surface area contributed by atoms with Gasteiger partial charge in [-0.25, -0.2) is 4.39 Å².